The molecule has 3 rings (SSSR count). The van der Waals surface area contributed by atoms with Gasteiger partial charge in [0.2, 0.25) is 0 Å². The molecule has 0 aromatic carbocycles. The van der Waals surface area contributed by atoms with E-state index in [0.29, 0.717) is 17.3 Å². The standard InChI is InChI=1S/C30H51IOSi/c1-21-19-25(23(3)28(20-21)32-33(8,9)29(4,5)6)13-12-24-11-10-17-30(7)26(14-15-27(24)30)22(2)16-18-31/h13,16,18,21-22,24,26-28H,3,10-12,14-15,17,19-20H2,1-2,4-9H3/b18-16+,25-13+/t21-,22-,24?,26-,27+,28+,30-/m1/s1. The number of halogens is 1. The van der Waals surface area contributed by atoms with Gasteiger partial charge in [-0.2, -0.15) is 0 Å². The summed E-state index contributed by atoms with van der Waals surface area (Å²) in [6.07, 6.45) is 15.9. The lowest BCUT2D eigenvalue weighted by Crippen LogP contribution is -2.45. The van der Waals surface area contributed by atoms with Gasteiger partial charge in [0.1, 0.15) is 0 Å². The highest BCUT2D eigenvalue weighted by atomic mass is 127. The zero-order valence-electron chi connectivity index (χ0n) is 22.8. The smallest absolute Gasteiger partial charge is 0.192 e. The minimum atomic E-state index is -1.80. The van der Waals surface area contributed by atoms with Gasteiger partial charge in [0.25, 0.3) is 0 Å². The minimum Gasteiger partial charge on any atom is -0.410 e. The molecule has 3 heteroatoms. The summed E-state index contributed by atoms with van der Waals surface area (Å²) in [6.45, 7) is 23.9. The summed E-state index contributed by atoms with van der Waals surface area (Å²) >= 11 is 2.40. The lowest BCUT2D eigenvalue weighted by molar-refractivity contribution is 0.0394. The molecule has 33 heavy (non-hydrogen) atoms. The molecule has 3 fully saturated rings. The van der Waals surface area contributed by atoms with Crippen molar-refractivity contribution in [1.82, 2.24) is 0 Å². The van der Waals surface area contributed by atoms with Gasteiger partial charge in [0.05, 0.1) is 6.10 Å². The molecule has 0 spiro atoms. The van der Waals surface area contributed by atoms with Crippen LogP contribution in [0.4, 0.5) is 0 Å². The van der Waals surface area contributed by atoms with Crippen molar-refractivity contribution in [1.29, 1.82) is 0 Å². The summed E-state index contributed by atoms with van der Waals surface area (Å²) in [7, 11) is -1.80. The van der Waals surface area contributed by atoms with E-state index in [9.17, 15) is 0 Å². The predicted octanol–water partition coefficient (Wildman–Crippen LogP) is 10.1. The molecule has 0 aliphatic heterocycles. The summed E-state index contributed by atoms with van der Waals surface area (Å²) in [5.74, 6) is 4.00. The average Bonchev–Trinajstić information content (AvgIpc) is 3.06. The van der Waals surface area contributed by atoms with Crippen LogP contribution in [0.3, 0.4) is 0 Å². The molecule has 0 saturated heterocycles. The van der Waals surface area contributed by atoms with E-state index in [4.69, 9.17) is 4.43 Å². The van der Waals surface area contributed by atoms with E-state index in [1.165, 1.54) is 56.1 Å². The Balaban J connectivity index is 1.72. The molecular weight excluding hydrogens is 531 g/mol. The van der Waals surface area contributed by atoms with Crippen molar-refractivity contribution in [3.63, 3.8) is 0 Å². The first kappa shape index (κ1) is 27.7. The molecule has 0 aromatic rings. The molecule has 3 aliphatic carbocycles. The van der Waals surface area contributed by atoms with Crippen molar-refractivity contribution in [3.8, 4) is 0 Å². The zero-order chi connectivity index (χ0) is 24.6. The van der Waals surface area contributed by atoms with Gasteiger partial charge >= 0.3 is 0 Å². The van der Waals surface area contributed by atoms with Gasteiger partial charge in [-0.15, -0.1) is 0 Å². The van der Waals surface area contributed by atoms with Gasteiger partial charge in [0.15, 0.2) is 8.32 Å². The monoisotopic (exact) mass is 582 g/mol. The first-order chi connectivity index (χ1) is 15.3. The number of allylic oxidation sites excluding steroid dienone is 2. The van der Waals surface area contributed by atoms with Crippen molar-refractivity contribution >= 4 is 30.9 Å². The molecule has 3 aliphatic rings. The Bertz CT molecular complexity index is 760. The third-order valence-corrected chi connectivity index (χ3v) is 15.2. The van der Waals surface area contributed by atoms with Crippen LogP contribution in [0.2, 0.25) is 18.1 Å². The summed E-state index contributed by atoms with van der Waals surface area (Å²) in [5, 5.41) is 0.243. The second kappa shape index (κ2) is 10.6. The molecule has 7 atom stereocenters. The second-order valence-electron chi connectivity index (χ2n) is 13.5. The Kier molecular flexibility index (Phi) is 8.92. The molecule has 0 bridgehead atoms. The van der Waals surface area contributed by atoms with Crippen molar-refractivity contribution < 1.29 is 4.43 Å². The predicted molar refractivity (Wildman–Crippen MR) is 156 cm³/mol. The van der Waals surface area contributed by atoms with Crippen LogP contribution < -0.4 is 0 Å². The Labute approximate surface area is 220 Å². The van der Waals surface area contributed by atoms with Crippen LogP contribution in [0.5, 0.6) is 0 Å². The third-order valence-electron chi connectivity index (χ3n) is 10.2. The van der Waals surface area contributed by atoms with Gasteiger partial charge in [-0.25, -0.2) is 0 Å². The maximum Gasteiger partial charge on any atom is 0.192 e. The topological polar surface area (TPSA) is 9.23 Å². The van der Waals surface area contributed by atoms with Crippen LogP contribution in [0.15, 0.2) is 34.0 Å². The number of rotatable bonds is 6. The quantitative estimate of drug-likeness (QED) is 0.224. The Morgan fingerprint density at radius 1 is 1.24 bits per heavy atom. The van der Waals surface area contributed by atoms with E-state index in [1.54, 1.807) is 0 Å². The fraction of sp³-hybridized carbons (Fsp3) is 0.800. The van der Waals surface area contributed by atoms with Crippen molar-refractivity contribution in [3.05, 3.63) is 34.0 Å². The maximum absolute atomic E-state index is 6.89. The van der Waals surface area contributed by atoms with Gasteiger partial charge < -0.3 is 4.43 Å². The molecule has 1 unspecified atom stereocenters. The lowest BCUT2D eigenvalue weighted by atomic mass is 9.59. The van der Waals surface area contributed by atoms with Crippen molar-refractivity contribution in [2.75, 3.05) is 0 Å². The highest BCUT2D eigenvalue weighted by Gasteiger charge is 2.51. The number of hydrogen-bond donors (Lipinski definition) is 0. The van der Waals surface area contributed by atoms with Crippen LogP contribution >= 0.6 is 22.6 Å². The third kappa shape index (κ3) is 5.93. The van der Waals surface area contributed by atoms with Crippen molar-refractivity contribution in [2.24, 2.45) is 35.0 Å². The van der Waals surface area contributed by atoms with Gasteiger partial charge in [-0.1, -0.05) is 89.3 Å². The van der Waals surface area contributed by atoms with E-state index in [1.807, 2.05) is 0 Å². The molecule has 188 valence electrons. The first-order valence-electron chi connectivity index (χ1n) is 13.6. The molecule has 1 nitrogen and oxygen atoms in total. The van der Waals surface area contributed by atoms with Gasteiger partial charge in [-0.05, 0) is 113 Å². The molecule has 0 aromatic heterocycles. The zero-order valence-corrected chi connectivity index (χ0v) is 26.0. The van der Waals surface area contributed by atoms with E-state index >= 15 is 0 Å². The normalized spacial score (nSPS) is 38.2. The largest absolute Gasteiger partial charge is 0.410 e. The second-order valence-corrected chi connectivity index (χ2v) is 19.0. The highest BCUT2D eigenvalue weighted by molar-refractivity contribution is 14.1. The number of fused-ring (bicyclic) bond motifs is 1. The number of hydrogen-bond acceptors (Lipinski definition) is 1. The fourth-order valence-corrected chi connectivity index (χ4v) is 9.20. The molecule has 0 radical (unpaired) electrons. The Hall–Kier alpha value is 0.127. The van der Waals surface area contributed by atoms with Gasteiger partial charge in [-0.3, -0.25) is 0 Å². The van der Waals surface area contributed by atoms with E-state index in [2.05, 4.69) is 100 Å². The summed E-state index contributed by atoms with van der Waals surface area (Å²) in [4.78, 5) is 0. The summed E-state index contributed by atoms with van der Waals surface area (Å²) < 4.78 is 9.13. The van der Waals surface area contributed by atoms with Crippen LogP contribution in [-0.4, -0.2) is 14.4 Å². The first-order valence-corrected chi connectivity index (χ1v) is 17.8. The van der Waals surface area contributed by atoms with Crippen LogP contribution in [0.25, 0.3) is 0 Å². The SMILES string of the molecule is C=C1/C(=C/CC2CCC[C@]3(C)[C@@H]([C@H](C)/C=C/I)CC[C@@H]23)C[C@@H](C)C[C@@H]1O[Si](C)(C)C(C)(C)C. The van der Waals surface area contributed by atoms with E-state index in [-0.39, 0.29) is 11.1 Å². The van der Waals surface area contributed by atoms with Crippen LogP contribution in [0, 0.1) is 35.0 Å². The molecule has 0 N–H and O–H groups in total. The Morgan fingerprint density at radius 2 is 1.94 bits per heavy atom. The Morgan fingerprint density at radius 3 is 2.58 bits per heavy atom. The van der Waals surface area contributed by atoms with Gasteiger partial charge in [0, 0.05) is 0 Å². The molecule has 0 heterocycles. The summed E-state index contributed by atoms with van der Waals surface area (Å²) in [5.41, 5.74) is 3.34. The summed E-state index contributed by atoms with van der Waals surface area (Å²) in [6, 6.07) is 0. The fourth-order valence-electron chi connectivity index (χ4n) is 7.24. The highest BCUT2D eigenvalue weighted by Crippen LogP contribution is 2.60. The van der Waals surface area contributed by atoms with E-state index < -0.39 is 8.32 Å². The molecule has 0 amide bonds. The lowest BCUT2D eigenvalue weighted by Gasteiger charge is -2.46. The van der Waals surface area contributed by atoms with Crippen molar-refractivity contribution in [2.45, 2.75) is 117 Å². The average molecular weight is 583 g/mol. The maximum atomic E-state index is 6.89. The van der Waals surface area contributed by atoms with E-state index in [0.717, 1.165) is 24.2 Å². The van der Waals surface area contributed by atoms with Crippen LogP contribution in [0.1, 0.15) is 92.9 Å². The van der Waals surface area contributed by atoms with Crippen LogP contribution in [-0.2, 0) is 4.43 Å². The molecule has 3 saturated carbocycles. The minimum absolute atomic E-state index is 0.217. The molecular formula is C30H51IOSi.